The van der Waals surface area contributed by atoms with Crippen LogP contribution in [-0.2, 0) is 24.2 Å². The number of pyridine rings is 1. The zero-order chi connectivity index (χ0) is 20.0. The third-order valence-corrected chi connectivity index (χ3v) is 6.55. The number of nitrogens with one attached hydrogen (secondary N) is 2. The van der Waals surface area contributed by atoms with Crippen molar-refractivity contribution in [2.45, 2.75) is 45.7 Å². The Labute approximate surface area is 172 Å². The van der Waals surface area contributed by atoms with Crippen molar-refractivity contribution in [1.82, 2.24) is 20.3 Å². The number of thiophene rings is 1. The maximum atomic E-state index is 12.5. The molecule has 3 aromatic heterocycles. The number of rotatable bonds is 4. The van der Waals surface area contributed by atoms with Crippen LogP contribution in [0.15, 0.2) is 23.6 Å². The molecule has 8 heteroatoms. The number of aromatic nitrogens is 3. The minimum absolute atomic E-state index is 0.0301. The molecule has 0 fully saturated rings. The SMILES string of the molecule is CC(C)NC(=O)C1CCc2c(sc3ncnc(Nc4cnc5c(c4)C=NC5)c23)C1. The molecule has 0 aromatic carbocycles. The number of fused-ring (bicyclic) bond motifs is 4. The lowest BCUT2D eigenvalue weighted by molar-refractivity contribution is -0.125. The molecule has 3 aromatic rings. The van der Waals surface area contributed by atoms with Gasteiger partial charge in [0.2, 0.25) is 5.91 Å². The molecular weight excluding hydrogens is 384 g/mol. The molecule has 0 spiro atoms. The molecule has 2 aliphatic rings. The fourth-order valence-corrected chi connectivity index (χ4v) is 5.29. The summed E-state index contributed by atoms with van der Waals surface area (Å²) in [6, 6.07) is 2.22. The van der Waals surface area contributed by atoms with Gasteiger partial charge in [-0.2, -0.15) is 0 Å². The molecule has 1 unspecified atom stereocenters. The Balaban J connectivity index is 1.46. The Morgan fingerprint density at radius 2 is 2.17 bits per heavy atom. The standard InChI is InChI=1S/C21H22N6OS/c1-11(2)26-20(28)12-3-4-15-17(6-12)29-21-18(15)19(24-10-25-21)27-14-5-13-7-22-9-16(13)23-8-14/h5,7-8,10-12H,3-4,6,9H2,1-2H3,(H,26,28)(H,24,25,27). The van der Waals surface area contributed by atoms with E-state index in [1.54, 1.807) is 17.7 Å². The molecule has 2 N–H and O–H groups in total. The van der Waals surface area contributed by atoms with E-state index in [0.717, 1.165) is 52.2 Å². The van der Waals surface area contributed by atoms with Crippen molar-refractivity contribution in [2.75, 3.05) is 5.32 Å². The van der Waals surface area contributed by atoms with Crippen LogP contribution in [-0.4, -0.2) is 33.1 Å². The van der Waals surface area contributed by atoms with Crippen molar-refractivity contribution < 1.29 is 4.79 Å². The van der Waals surface area contributed by atoms with E-state index < -0.39 is 0 Å². The van der Waals surface area contributed by atoms with Gasteiger partial charge in [0.1, 0.15) is 17.0 Å². The Hall–Kier alpha value is -2.87. The average Bonchev–Trinajstić information content (AvgIpc) is 3.31. The number of carbonyl (C=O) groups is 1. The van der Waals surface area contributed by atoms with Crippen LogP contribution in [0.25, 0.3) is 10.2 Å². The highest BCUT2D eigenvalue weighted by atomic mass is 32.1. The topological polar surface area (TPSA) is 92.2 Å². The van der Waals surface area contributed by atoms with Gasteiger partial charge in [0, 0.05) is 28.6 Å². The zero-order valence-electron chi connectivity index (χ0n) is 16.4. The van der Waals surface area contributed by atoms with Crippen LogP contribution in [0.3, 0.4) is 0 Å². The first-order valence-electron chi connectivity index (χ1n) is 9.90. The quantitative estimate of drug-likeness (QED) is 0.693. The highest BCUT2D eigenvalue weighted by molar-refractivity contribution is 7.19. The zero-order valence-corrected chi connectivity index (χ0v) is 17.2. The molecule has 4 heterocycles. The van der Waals surface area contributed by atoms with Gasteiger partial charge < -0.3 is 10.6 Å². The summed E-state index contributed by atoms with van der Waals surface area (Å²) in [6.07, 6.45) is 7.76. The van der Waals surface area contributed by atoms with E-state index in [1.807, 2.05) is 26.3 Å². The molecule has 1 amide bonds. The largest absolute Gasteiger partial charge is 0.354 e. The third-order valence-electron chi connectivity index (χ3n) is 5.38. The first-order chi connectivity index (χ1) is 14.1. The van der Waals surface area contributed by atoms with E-state index in [0.29, 0.717) is 6.54 Å². The average molecular weight is 407 g/mol. The molecule has 0 radical (unpaired) electrons. The molecule has 1 aliphatic heterocycles. The summed E-state index contributed by atoms with van der Waals surface area (Å²) < 4.78 is 0. The normalized spacial score (nSPS) is 17.4. The lowest BCUT2D eigenvalue weighted by Gasteiger charge is -2.22. The van der Waals surface area contributed by atoms with E-state index in [2.05, 4.69) is 36.6 Å². The Morgan fingerprint density at radius 3 is 3.03 bits per heavy atom. The summed E-state index contributed by atoms with van der Waals surface area (Å²) in [5, 5.41) is 7.55. The van der Waals surface area contributed by atoms with Crippen molar-refractivity contribution in [3.63, 3.8) is 0 Å². The predicted molar refractivity (Wildman–Crippen MR) is 115 cm³/mol. The van der Waals surface area contributed by atoms with Gasteiger partial charge in [-0.3, -0.25) is 14.8 Å². The van der Waals surface area contributed by atoms with Gasteiger partial charge in [0.05, 0.1) is 29.5 Å². The van der Waals surface area contributed by atoms with E-state index in [-0.39, 0.29) is 17.9 Å². The Bertz CT molecular complexity index is 1140. The highest BCUT2D eigenvalue weighted by Crippen LogP contribution is 2.40. The number of nitrogens with zero attached hydrogens (tertiary/aromatic N) is 4. The molecule has 1 aliphatic carbocycles. The van der Waals surface area contributed by atoms with Crippen LogP contribution in [0.5, 0.6) is 0 Å². The number of hydrogen-bond acceptors (Lipinski definition) is 7. The number of carbonyl (C=O) groups excluding carboxylic acids is 1. The Morgan fingerprint density at radius 1 is 1.28 bits per heavy atom. The fraction of sp³-hybridized carbons (Fsp3) is 0.381. The lowest BCUT2D eigenvalue weighted by Crippen LogP contribution is -2.37. The first kappa shape index (κ1) is 18.2. The molecule has 29 heavy (non-hydrogen) atoms. The molecular formula is C21H22N6OS. The molecule has 148 valence electrons. The molecule has 0 saturated carbocycles. The summed E-state index contributed by atoms with van der Waals surface area (Å²) in [7, 11) is 0. The molecule has 0 saturated heterocycles. The maximum absolute atomic E-state index is 12.5. The summed E-state index contributed by atoms with van der Waals surface area (Å²) in [4.78, 5) is 32.4. The minimum Gasteiger partial charge on any atom is -0.354 e. The number of hydrogen-bond donors (Lipinski definition) is 2. The van der Waals surface area contributed by atoms with Gasteiger partial charge in [-0.1, -0.05) is 0 Å². The fourth-order valence-electron chi connectivity index (χ4n) is 4.02. The minimum atomic E-state index is 0.0301. The monoisotopic (exact) mass is 406 g/mol. The summed E-state index contributed by atoms with van der Waals surface area (Å²) in [6.45, 7) is 4.65. The first-order valence-corrected chi connectivity index (χ1v) is 10.7. The second-order valence-corrected chi connectivity index (χ2v) is 8.95. The summed E-state index contributed by atoms with van der Waals surface area (Å²) in [5.74, 6) is 0.982. The van der Waals surface area contributed by atoms with E-state index >= 15 is 0 Å². The highest BCUT2D eigenvalue weighted by Gasteiger charge is 2.29. The third kappa shape index (κ3) is 3.37. The van der Waals surface area contributed by atoms with Crippen molar-refractivity contribution in [1.29, 1.82) is 0 Å². The summed E-state index contributed by atoms with van der Waals surface area (Å²) >= 11 is 1.68. The van der Waals surface area contributed by atoms with E-state index in [9.17, 15) is 4.79 Å². The van der Waals surface area contributed by atoms with Gasteiger partial charge in [-0.15, -0.1) is 11.3 Å². The van der Waals surface area contributed by atoms with Crippen molar-refractivity contribution in [2.24, 2.45) is 10.9 Å². The van der Waals surface area contributed by atoms with Gasteiger partial charge in [-0.25, -0.2) is 9.97 Å². The molecule has 1 atom stereocenters. The second kappa shape index (κ2) is 7.18. The molecule has 7 nitrogen and oxygen atoms in total. The number of amides is 1. The molecule has 0 bridgehead atoms. The van der Waals surface area contributed by atoms with Crippen LogP contribution >= 0.6 is 11.3 Å². The van der Waals surface area contributed by atoms with Crippen molar-refractivity contribution in [3.8, 4) is 0 Å². The lowest BCUT2D eigenvalue weighted by atomic mass is 9.87. The van der Waals surface area contributed by atoms with Crippen LogP contribution in [0.2, 0.25) is 0 Å². The number of anilines is 2. The van der Waals surface area contributed by atoms with Crippen molar-refractivity contribution in [3.05, 3.63) is 40.3 Å². The van der Waals surface area contributed by atoms with Gasteiger partial charge in [0.15, 0.2) is 0 Å². The van der Waals surface area contributed by atoms with Crippen LogP contribution in [0, 0.1) is 5.92 Å². The number of aryl methyl sites for hydroxylation is 1. The second-order valence-electron chi connectivity index (χ2n) is 7.86. The van der Waals surface area contributed by atoms with E-state index in [4.69, 9.17) is 0 Å². The van der Waals surface area contributed by atoms with Crippen molar-refractivity contribution >= 4 is 45.2 Å². The van der Waals surface area contributed by atoms with Crippen LogP contribution < -0.4 is 10.6 Å². The van der Waals surface area contributed by atoms with E-state index in [1.165, 1.54) is 10.4 Å². The Kier molecular flexibility index (Phi) is 4.50. The van der Waals surface area contributed by atoms with Gasteiger partial charge >= 0.3 is 0 Å². The number of aliphatic imine (C=N–C) groups is 1. The molecule has 5 rings (SSSR count). The summed E-state index contributed by atoms with van der Waals surface area (Å²) in [5.41, 5.74) is 4.22. The van der Waals surface area contributed by atoms with Gasteiger partial charge in [-0.05, 0) is 44.7 Å². The maximum Gasteiger partial charge on any atom is 0.223 e. The predicted octanol–water partition coefficient (Wildman–Crippen LogP) is 3.39. The van der Waals surface area contributed by atoms with Crippen LogP contribution in [0.4, 0.5) is 11.5 Å². The van der Waals surface area contributed by atoms with Crippen LogP contribution in [0.1, 0.15) is 42.0 Å². The smallest absolute Gasteiger partial charge is 0.223 e. The van der Waals surface area contributed by atoms with Gasteiger partial charge in [0.25, 0.3) is 0 Å².